The summed E-state index contributed by atoms with van der Waals surface area (Å²) in [6.07, 6.45) is 56.5. The normalized spacial score (nSPS) is 12.6. The molecule has 0 radical (unpaired) electrons. The number of unbranched alkanes of at least 4 members (excludes halogenated alkanes) is 34. The van der Waals surface area contributed by atoms with Gasteiger partial charge in [0.15, 0.2) is 0 Å². The first-order chi connectivity index (χ1) is 28.5. The maximum Gasteiger partial charge on any atom is 0.305 e. The fourth-order valence-corrected chi connectivity index (χ4v) is 8.55. The standard InChI is InChI=1S/C54H106O4/c1-5-7-9-11-13-15-17-19-21-23-25-33-39-45-53(55)57-49-41-35-29-27-31-37-43-51(3)47-48-52(4)44-38-32-28-30-36-42-50-58-54(56)46-40-34-26-24-22-20-18-16-14-12-10-8-6-2/h51-52H,5-50H2,1-4H3. The van der Waals surface area contributed by atoms with Gasteiger partial charge in [0.2, 0.25) is 0 Å². The number of esters is 2. The van der Waals surface area contributed by atoms with Gasteiger partial charge in [0.1, 0.15) is 0 Å². The SMILES string of the molecule is CCCCCCCCCCCCCCCC(=O)OCCCCCCCCC(C)CCC(C)CCCCCCCCOC(=O)CCCCCCCCCCCCCCC. The minimum Gasteiger partial charge on any atom is -0.466 e. The van der Waals surface area contributed by atoms with E-state index in [9.17, 15) is 9.59 Å². The van der Waals surface area contributed by atoms with Crippen molar-refractivity contribution in [2.24, 2.45) is 11.8 Å². The topological polar surface area (TPSA) is 52.6 Å². The largest absolute Gasteiger partial charge is 0.466 e. The van der Waals surface area contributed by atoms with E-state index in [0.29, 0.717) is 26.1 Å². The molecule has 4 nitrogen and oxygen atoms in total. The van der Waals surface area contributed by atoms with E-state index in [-0.39, 0.29) is 11.9 Å². The van der Waals surface area contributed by atoms with Gasteiger partial charge in [0.05, 0.1) is 13.2 Å². The lowest BCUT2D eigenvalue weighted by Gasteiger charge is -2.15. The molecule has 2 atom stereocenters. The molecular weight excluding hydrogens is 713 g/mol. The van der Waals surface area contributed by atoms with Crippen molar-refractivity contribution in [3.05, 3.63) is 0 Å². The molecule has 4 heteroatoms. The van der Waals surface area contributed by atoms with E-state index in [2.05, 4.69) is 27.7 Å². The van der Waals surface area contributed by atoms with E-state index in [1.54, 1.807) is 0 Å². The van der Waals surface area contributed by atoms with Crippen LogP contribution in [-0.4, -0.2) is 25.2 Å². The molecule has 0 aromatic carbocycles. The Kier molecular flexibility index (Phi) is 47.7. The van der Waals surface area contributed by atoms with E-state index in [0.717, 1.165) is 37.5 Å². The number of carbonyl (C=O) groups is 2. The fraction of sp³-hybridized carbons (Fsp3) is 0.963. The highest BCUT2D eigenvalue weighted by molar-refractivity contribution is 5.69. The molecule has 346 valence electrons. The van der Waals surface area contributed by atoms with E-state index in [4.69, 9.17) is 9.47 Å². The molecule has 0 aromatic heterocycles. The zero-order valence-corrected chi connectivity index (χ0v) is 40.3. The summed E-state index contributed by atoms with van der Waals surface area (Å²) in [5.41, 5.74) is 0. The first-order valence-corrected chi connectivity index (χ1v) is 26.8. The van der Waals surface area contributed by atoms with E-state index < -0.39 is 0 Å². The summed E-state index contributed by atoms with van der Waals surface area (Å²) in [6.45, 7) is 10.7. The number of rotatable bonds is 49. The highest BCUT2D eigenvalue weighted by atomic mass is 16.5. The van der Waals surface area contributed by atoms with Crippen LogP contribution in [0.15, 0.2) is 0 Å². The number of hydrogen-bond donors (Lipinski definition) is 0. The van der Waals surface area contributed by atoms with Crippen LogP contribution in [0.2, 0.25) is 0 Å². The summed E-state index contributed by atoms with van der Waals surface area (Å²) in [6, 6.07) is 0. The molecule has 0 aliphatic rings. The van der Waals surface area contributed by atoms with Crippen LogP contribution in [0.3, 0.4) is 0 Å². The average molecular weight is 819 g/mol. The second kappa shape index (κ2) is 48.6. The third-order valence-electron chi connectivity index (χ3n) is 12.8. The first-order valence-electron chi connectivity index (χ1n) is 26.8. The molecule has 0 bridgehead atoms. The van der Waals surface area contributed by atoms with Gasteiger partial charge < -0.3 is 9.47 Å². The third kappa shape index (κ3) is 47.6. The Morgan fingerprint density at radius 2 is 0.517 bits per heavy atom. The third-order valence-corrected chi connectivity index (χ3v) is 12.8. The Bertz CT molecular complexity index is 745. The molecule has 0 amide bonds. The molecule has 0 rings (SSSR count). The van der Waals surface area contributed by atoms with Crippen LogP contribution in [0, 0.1) is 11.8 Å². The Morgan fingerprint density at radius 1 is 0.293 bits per heavy atom. The lowest BCUT2D eigenvalue weighted by molar-refractivity contribution is -0.144. The number of ether oxygens (including phenoxy) is 2. The zero-order chi connectivity index (χ0) is 42.3. The van der Waals surface area contributed by atoms with Crippen LogP contribution in [0.1, 0.15) is 310 Å². The summed E-state index contributed by atoms with van der Waals surface area (Å²) < 4.78 is 11.0. The highest BCUT2D eigenvalue weighted by Crippen LogP contribution is 2.23. The van der Waals surface area contributed by atoms with Crippen molar-refractivity contribution in [3.63, 3.8) is 0 Å². The van der Waals surface area contributed by atoms with Crippen molar-refractivity contribution in [2.75, 3.05) is 13.2 Å². The van der Waals surface area contributed by atoms with Crippen LogP contribution in [-0.2, 0) is 19.1 Å². The van der Waals surface area contributed by atoms with Crippen LogP contribution in [0.5, 0.6) is 0 Å². The van der Waals surface area contributed by atoms with Gasteiger partial charge in [-0.1, -0.05) is 272 Å². The van der Waals surface area contributed by atoms with Gasteiger partial charge in [-0.15, -0.1) is 0 Å². The molecular formula is C54H106O4. The number of hydrogen-bond acceptors (Lipinski definition) is 4. The van der Waals surface area contributed by atoms with Crippen LogP contribution < -0.4 is 0 Å². The fourth-order valence-electron chi connectivity index (χ4n) is 8.55. The molecule has 0 aromatic rings. The summed E-state index contributed by atoms with van der Waals surface area (Å²) >= 11 is 0. The molecule has 0 saturated heterocycles. The molecule has 0 spiro atoms. The summed E-state index contributed by atoms with van der Waals surface area (Å²) in [5.74, 6) is 1.73. The second-order valence-corrected chi connectivity index (χ2v) is 19.0. The maximum absolute atomic E-state index is 12.1. The molecule has 2 unspecified atom stereocenters. The van der Waals surface area contributed by atoms with Crippen LogP contribution in [0.25, 0.3) is 0 Å². The zero-order valence-electron chi connectivity index (χ0n) is 40.3. The summed E-state index contributed by atoms with van der Waals surface area (Å²) in [4.78, 5) is 24.1. The predicted molar refractivity (Wildman–Crippen MR) is 255 cm³/mol. The van der Waals surface area contributed by atoms with Gasteiger partial charge in [0, 0.05) is 12.8 Å². The highest BCUT2D eigenvalue weighted by Gasteiger charge is 2.08. The molecule has 0 heterocycles. The monoisotopic (exact) mass is 819 g/mol. The van der Waals surface area contributed by atoms with E-state index >= 15 is 0 Å². The maximum atomic E-state index is 12.1. The Morgan fingerprint density at radius 3 is 0.793 bits per heavy atom. The molecule has 0 N–H and O–H groups in total. The van der Waals surface area contributed by atoms with E-state index in [1.807, 2.05) is 0 Å². The van der Waals surface area contributed by atoms with E-state index in [1.165, 1.54) is 244 Å². The van der Waals surface area contributed by atoms with Gasteiger partial charge >= 0.3 is 11.9 Å². The van der Waals surface area contributed by atoms with Crippen molar-refractivity contribution in [1.82, 2.24) is 0 Å². The lowest BCUT2D eigenvalue weighted by atomic mass is 9.91. The summed E-state index contributed by atoms with van der Waals surface area (Å²) in [5, 5.41) is 0. The van der Waals surface area contributed by atoms with Gasteiger partial charge in [-0.2, -0.15) is 0 Å². The summed E-state index contributed by atoms with van der Waals surface area (Å²) in [7, 11) is 0. The van der Waals surface area contributed by atoms with Gasteiger partial charge in [-0.3, -0.25) is 9.59 Å². The van der Waals surface area contributed by atoms with Crippen molar-refractivity contribution < 1.29 is 19.1 Å². The quantitative estimate of drug-likeness (QED) is 0.0453. The van der Waals surface area contributed by atoms with Crippen molar-refractivity contribution in [2.45, 2.75) is 310 Å². The smallest absolute Gasteiger partial charge is 0.305 e. The Labute approximate surface area is 365 Å². The van der Waals surface area contributed by atoms with Gasteiger partial charge in [-0.05, 0) is 37.5 Å². The molecule has 0 aliphatic carbocycles. The first kappa shape index (κ1) is 56.9. The predicted octanol–water partition coefficient (Wildman–Crippen LogP) is 18.5. The van der Waals surface area contributed by atoms with Crippen LogP contribution >= 0.6 is 0 Å². The number of carbonyl (C=O) groups excluding carboxylic acids is 2. The molecule has 0 saturated carbocycles. The second-order valence-electron chi connectivity index (χ2n) is 19.0. The average Bonchev–Trinajstić information content (AvgIpc) is 3.22. The molecule has 0 fully saturated rings. The van der Waals surface area contributed by atoms with Gasteiger partial charge in [-0.25, -0.2) is 0 Å². The minimum atomic E-state index is 0.0175. The Balaban J connectivity index is 3.36. The van der Waals surface area contributed by atoms with Crippen LogP contribution in [0.4, 0.5) is 0 Å². The van der Waals surface area contributed by atoms with Crippen molar-refractivity contribution in [1.29, 1.82) is 0 Å². The lowest BCUT2D eigenvalue weighted by Crippen LogP contribution is -2.05. The molecule has 0 aliphatic heterocycles. The van der Waals surface area contributed by atoms with Crippen molar-refractivity contribution in [3.8, 4) is 0 Å². The Hall–Kier alpha value is -1.06. The van der Waals surface area contributed by atoms with Crippen molar-refractivity contribution >= 4 is 11.9 Å². The minimum absolute atomic E-state index is 0.0175. The molecule has 58 heavy (non-hydrogen) atoms. The van der Waals surface area contributed by atoms with Gasteiger partial charge in [0.25, 0.3) is 0 Å².